The number of benzene rings is 1. The molecular formula is C8H6N4O. The van der Waals surface area contributed by atoms with Crippen molar-refractivity contribution in [1.82, 2.24) is 9.90 Å². The van der Waals surface area contributed by atoms with Crippen LogP contribution < -0.4 is 4.85 Å². The maximum Gasteiger partial charge on any atom is 0.202 e. The van der Waals surface area contributed by atoms with Gasteiger partial charge in [0.2, 0.25) is 5.52 Å². The lowest BCUT2D eigenvalue weighted by Crippen LogP contribution is -2.29. The molecule has 0 N–H and O–H groups in total. The standard InChI is InChI=1S/C8H6N4O/c9-5-6-11-7-3-1-2-4-8(7)12(13)10-11/h1-4H,6H2. The second-order valence-corrected chi connectivity index (χ2v) is 2.57. The predicted molar refractivity (Wildman–Crippen MR) is 44.3 cm³/mol. The lowest BCUT2D eigenvalue weighted by molar-refractivity contribution is -0.646. The third-order valence-electron chi connectivity index (χ3n) is 1.78. The molecule has 0 atom stereocenters. The predicted octanol–water partition coefficient (Wildman–Crippen LogP) is 0.193. The van der Waals surface area contributed by atoms with Crippen LogP contribution in [0.3, 0.4) is 0 Å². The van der Waals surface area contributed by atoms with Crippen molar-refractivity contribution >= 4 is 11.0 Å². The van der Waals surface area contributed by atoms with Crippen molar-refractivity contribution in [2.45, 2.75) is 6.54 Å². The van der Waals surface area contributed by atoms with E-state index in [1.807, 2.05) is 6.07 Å². The van der Waals surface area contributed by atoms with Crippen LogP contribution in [0, 0.1) is 16.5 Å². The van der Waals surface area contributed by atoms with Crippen LogP contribution in [0.2, 0.25) is 0 Å². The minimum atomic E-state index is 0.0930. The highest BCUT2D eigenvalue weighted by Gasteiger charge is 2.11. The Morgan fingerprint density at radius 3 is 3.08 bits per heavy atom. The Kier molecular flexibility index (Phi) is 1.60. The molecule has 0 aliphatic carbocycles. The molecule has 1 aromatic heterocycles. The third-order valence-corrected chi connectivity index (χ3v) is 1.78. The van der Waals surface area contributed by atoms with E-state index in [9.17, 15) is 5.21 Å². The van der Waals surface area contributed by atoms with Gasteiger partial charge in [0.15, 0.2) is 12.1 Å². The fourth-order valence-corrected chi connectivity index (χ4v) is 1.22. The van der Waals surface area contributed by atoms with Crippen LogP contribution in [0.1, 0.15) is 0 Å². The summed E-state index contributed by atoms with van der Waals surface area (Å²) in [6.45, 7) is 0.0930. The molecule has 0 spiro atoms. The Bertz CT molecular complexity index is 482. The highest BCUT2D eigenvalue weighted by Crippen LogP contribution is 2.07. The quantitative estimate of drug-likeness (QED) is 0.458. The Balaban J connectivity index is 2.72. The van der Waals surface area contributed by atoms with E-state index in [0.717, 1.165) is 0 Å². The smallest absolute Gasteiger partial charge is 0.202 e. The van der Waals surface area contributed by atoms with Crippen LogP contribution in [-0.2, 0) is 6.54 Å². The van der Waals surface area contributed by atoms with Crippen LogP contribution in [-0.4, -0.2) is 9.90 Å². The first-order valence-corrected chi connectivity index (χ1v) is 3.75. The second kappa shape index (κ2) is 2.75. The molecule has 5 nitrogen and oxygen atoms in total. The molecule has 2 aromatic rings. The summed E-state index contributed by atoms with van der Waals surface area (Å²) in [5, 5.41) is 23.3. The second-order valence-electron chi connectivity index (χ2n) is 2.57. The van der Waals surface area contributed by atoms with Crippen LogP contribution in [0.15, 0.2) is 24.3 Å². The summed E-state index contributed by atoms with van der Waals surface area (Å²) in [7, 11) is 0. The van der Waals surface area contributed by atoms with E-state index in [1.54, 1.807) is 24.3 Å². The van der Waals surface area contributed by atoms with Crippen LogP contribution in [0.25, 0.3) is 11.0 Å². The first-order valence-electron chi connectivity index (χ1n) is 3.75. The van der Waals surface area contributed by atoms with E-state index < -0.39 is 0 Å². The van der Waals surface area contributed by atoms with E-state index in [4.69, 9.17) is 5.26 Å². The zero-order chi connectivity index (χ0) is 9.26. The molecule has 0 amide bonds. The molecule has 1 aromatic carbocycles. The topological polar surface area (TPSA) is 68.5 Å². The fourth-order valence-electron chi connectivity index (χ4n) is 1.22. The number of nitriles is 1. The Hall–Kier alpha value is -2.09. The number of para-hydroxylation sites is 2. The van der Waals surface area contributed by atoms with Gasteiger partial charge in [-0.05, 0) is 12.1 Å². The van der Waals surface area contributed by atoms with Gasteiger partial charge in [0.05, 0.1) is 5.21 Å². The number of hydrogen-bond donors (Lipinski definition) is 0. The molecule has 0 aliphatic rings. The third kappa shape index (κ3) is 1.08. The van der Waals surface area contributed by atoms with Gasteiger partial charge in [-0.25, -0.2) is 0 Å². The SMILES string of the molecule is N#CCn1n[n+]([O-])c2ccccc21. The average Bonchev–Trinajstić information content (AvgIpc) is 2.46. The van der Waals surface area contributed by atoms with E-state index >= 15 is 0 Å². The molecular weight excluding hydrogens is 168 g/mol. The summed E-state index contributed by atoms with van der Waals surface area (Å²) < 4.78 is 1.38. The molecule has 2 rings (SSSR count). The molecule has 0 saturated heterocycles. The zero-order valence-electron chi connectivity index (χ0n) is 6.71. The molecule has 1 heterocycles. The van der Waals surface area contributed by atoms with Crippen molar-refractivity contribution in [3.05, 3.63) is 29.5 Å². The lowest BCUT2D eigenvalue weighted by Gasteiger charge is -1.89. The van der Waals surface area contributed by atoms with E-state index in [1.165, 1.54) is 4.68 Å². The Labute approximate surface area is 74.0 Å². The van der Waals surface area contributed by atoms with Crippen molar-refractivity contribution < 1.29 is 4.85 Å². The van der Waals surface area contributed by atoms with Gasteiger partial charge in [-0.15, -0.1) is 9.53 Å². The molecule has 5 heteroatoms. The lowest BCUT2D eigenvalue weighted by atomic mass is 10.3. The molecule has 0 aliphatic heterocycles. The summed E-state index contributed by atoms with van der Waals surface area (Å²) >= 11 is 0. The van der Waals surface area contributed by atoms with Crippen LogP contribution >= 0.6 is 0 Å². The fraction of sp³-hybridized carbons (Fsp3) is 0.125. The van der Waals surface area contributed by atoms with Gasteiger partial charge in [0, 0.05) is 0 Å². The highest BCUT2D eigenvalue weighted by atomic mass is 16.5. The summed E-state index contributed by atoms with van der Waals surface area (Å²) in [4.78, 5) is 0.521. The molecule has 0 fully saturated rings. The Morgan fingerprint density at radius 1 is 1.54 bits per heavy atom. The number of aromatic nitrogens is 3. The summed E-state index contributed by atoms with van der Waals surface area (Å²) in [5.74, 6) is 0. The molecule has 0 bridgehead atoms. The number of nitrogens with zero attached hydrogens (tertiary/aromatic N) is 4. The van der Waals surface area contributed by atoms with Gasteiger partial charge < -0.3 is 5.21 Å². The first-order chi connectivity index (χ1) is 6.33. The van der Waals surface area contributed by atoms with Crippen LogP contribution in [0.4, 0.5) is 0 Å². The summed E-state index contributed by atoms with van der Waals surface area (Å²) in [6, 6.07) is 8.93. The minimum absolute atomic E-state index is 0.0930. The van der Waals surface area contributed by atoms with E-state index in [-0.39, 0.29) is 6.54 Å². The summed E-state index contributed by atoms with van der Waals surface area (Å²) in [5.41, 5.74) is 1.16. The molecule has 0 saturated carbocycles. The monoisotopic (exact) mass is 174 g/mol. The molecule has 13 heavy (non-hydrogen) atoms. The van der Waals surface area contributed by atoms with Crippen molar-refractivity contribution in [1.29, 1.82) is 5.26 Å². The minimum Gasteiger partial charge on any atom is -0.691 e. The van der Waals surface area contributed by atoms with Crippen molar-refractivity contribution in [2.75, 3.05) is 0 Å². The largest absolute Gasteiger partial charge is 0.691 e. The molecule has 0 unspecified atom stereocenters. The van der Waals surface area contributed by atoms with E-state index in [0.29, 0.717) is 15.9 Å². The molecule has 0 radical (unpaired) electrons. The maximum atomic E-state index is 11.1. The average molecular weight is 174 g/mol. The van der Waals surface area contributed by atoms with Gasteiger partial charge >= 0.3 is 0 Å². The van der Waals surface area contributed by atoms with Gasteiger partial charge in [0.1, 0.15) is 6.07 Å². The van der Waals surface area contributed by atoms with Gasteiger partial charge in [0.25, 0.3) is 0 Å². The number of fused-ring (bicyclic) bond motifs is 1. The van der Waals surface area contributed by atoms with Crippen molar-refractivity contribution in [3.8, 4) is 6.07 Å². The Morgan fingerprint density at radius 2 is 2.31 bits per heavy atom. The maximum absolute atomic E-state index is 11.1. The van der Waals surface area contributed by atoms with Gasteiger partial charge in [-0.2, -0.15) is 5.26 Å². The summed E-state index contributed by atoms with van der Waals surface area (Å²) in [6.07, 6.45) is 0. The molecule has 64 valence electrons. The van der Waals surface area contributed by atoms with Crippen molar-refractivity contribution in [3.63, 3.8) is 0 Å². The van der Waals surface area contributed by atoms with E-state index in [2.05, 4.69) is 5.21 Å². The number of hydrogen-bond acceptors (Lipinski definition) is 3. The normalized spacial score (nSPS) is 10.1. The highest BCUT2D eigenvalue weighted by molar-refractivity contribution is 5.70. The number of rotatable bonds is 1. The zero-order valence-corrected chi connectivity index (χ0v) is 6.71. The van der Waals surface area contributed by atoms with Crippen LogP contribution in [0.5, 0.6) is 0 Å². The van der Waals surface area contributed by atoms with Crippen molar-refractivity contribution in [2.24, 2.45) is 0 Å². The first kappa shape index (κ1) is 7.55. The van der Waals surface area contributed by atoms with Gasteiger partial charge in [-0.1, -0.05) is 12.1 Å². The van der Waals surface area contributed by atoms with Gasteiger partial charge in [-0.3, -0.25) is 0 Å².